The van der Waals surface area contributed by atoms with Crippen molar-refractivity contribution in [3.05, 3.63) is 18.2 Å². The number of aromatic amines is 1. The molecule has 1 aromatic heterocycles. The van der Waals surface area contributed by atoms with Gasteiger partial charge in [-0.05, 0) is 39.8 Å². The van der Waals surface area contributed by atoms with Crippen molar-refractivity contribution in [1.82, 2.24) is 20.2 Å². The number of hydrogen-bond acceptors (Lipinski definition) is 5. The number of hydrogen-bond donors (Lipinski definition) is 2. The standard InChI is InChI=1S/C18H26N4O3S/c1-5-22(10-16(23)19-12(3)4)17(24)11-26-18-20-14-8-7-13(25-6-2)9-15(14)21-18/h7-9,12H,5-6,10-11H2,1-4H3,(H,19,23)(H,20,21). The Morgan fingerprint density at radius 1 is 1.35 bits per heavy atom. The molecule has 8 heteroatoms. The number of nitrogens with one attached hydrogen (secondary N) is 2. The monoisotopic (exact) mass is 378 g/mol. The lowest BCUT2D eigenvalue weighted by Gasteiger charge is -2.20. The van der Waals surface area contributed by atoms with E-state index in [0.29, 0.717) is 18.3 Å². The Balaban J connectivity index is 1.94. The molecule has 0 aliphatic carbocycles. The van der Waals surface area contributed by atoms with Crippen LogP contribution in [-0.4, -0.2) is 58.2 Å². The molecule has 0 atom stereocenters. The van der Waals surface area contributed by atoms with Gasteiger partial charge in [-0.25, -0.2) is 4.98 Å². The van der Waals surface area contributed by atoms with Crippen molar-refractivity contribution in [2.75, 3.05) is 25.4 Å². The zero-order valence-electron chi connectivity index (χ0n) is 15.7. The number of aromatic nitrogens is 2. The Labute approximate surface area is 157 Å². The molecular weight excluding hydrogens is 352 g/mol. The van der Waals surface area contributed by atoms with Crippen LogP contribution in [0.2, 0.25) is 0 Å². The predicted octanol–water partition coefficient (Wildman–Crippen LogP) is 2.43. The van der Waals surface area contributed by atoms with Gasteiger partial charge in [-0.3, -0.25) is 9.59 Å². The predicted molar refractivity (Wildman–Crippen MR) is 104 cm³/mol. The van der Waals surface area contributed by atoms with Crippen molar-refractivity contribution in [3.63, 3.8) is 0 Å². The fourth-order valence-corrected chi connectivity index (χ4v) is 3.22. The van der Waals surface area contributed by atoms with E-state index in [1.165, 1.54) is 11.8 Å². The summed E-state index contributed by atoms with van der Waals surface area (Å²) >= 11 is 1.33. The van der Waals surface area contributed by atoms with E-state index in [4.69, 9.17) is 4.74 Å². The Morgan fingerprint density at radius 3 is 2.77 bits per heavy atom. The fourth-order valence-electron chi connectivity index (χ4n) is 2.43. The molecule has 0 unspecified atom stereocenters. The summed E-state index contributed by atoms with van der Waals surface area (Å²) < 4.78 is 5.48. The largest absolute Gasteiger partial charge is 0.494 e. The number of fused-ring (bicyclic) bond motifs is 1. The van der Waals surface area contributed by atoms with E-state index in [2.05, 4.69) is 15.3 Å². The molecule has 0 fully saturated rings. The van der Waals surface area contributed by atoms with Crippen LogP contribution in [-0.2, 0) is 9.59 Å². The van der Waals surface area contributed by atoms with Gasteiger partial charge in [-0.1, -0.05) is 11.8 Å². The highest BCUT2D eigenvalue weighted by molar-refractivity contribution is 7.99. The first-order chi connectivity index (χ1) is 12.4. The van der Waals surface area contributed by atoms with Gasteiger partial charge < -0.3 is 19.9 Å². The highest BCUT2D eigenvalue weighted by Gasteiger charge is 2.17. The molecule has 0 radical (unpaired) electrons. The van der Waals surface area contributed by atoms with Crippen molar-refractivity contribution in [1.29, 1.82) is 0 Å². The lowest BCUT2D eigenvalue weighted by atomic mass is 10.3. The van der Waals surface area contributed by atoms with Crippen LogP contribution in [0.3, 0.4) is 0 Å². The summed E-state index contributed by atoms with van der Waals surface area (Å²) in [7, 11) is 0. The summed E-state index contributed by atoms with van der Waals surface area (Å²) in [5, 5.41) is 3.47. The first-order valence-electron chi connectivity index (χ1n) is 8.75. The van der Waals surface area contributed by atoms with Crippen LogP contribution in [0.25, 0.3) is 11.0 Å². The Kier molecular flexibility index (Phi) is 7.32. The Morgan fingerprint density at radius 2 is 2.12 bits per heavy atom. The van der Waals surface area contributed by atoms with Gasteiger partial charge in [0.15, 0.2) is 5.16 Å². The van der Waals surface area contributed by atoms with Gasteiger partial charge in [0.25, 0.3) is 0 Å². The number of amides is 2. The zero-order valence-corrected chi connectivity index (χ0v) is 16.5. The third-order valence-electron chi connectivity index (χ3n) is 3.59. The average molecular weight is 378 g/mol. The van der Waals surface area contributed by atoms with Crippen molar-refractivity contribution in [2.45, 2.75) is 38.9 Å². The van der Waals surface area contributed by atoms with Crippen molar-refractivity contribution in [2.24, 2.45) is 0 Å². The molecule has 2 N–H and O–H groups in total. The van der Waals surface area contributed by atoms with Gasteiger partial charge in [0.1, 0.15) is 5.75 Å². The average Bonchev–Trinajstić information content (AvgIpc) is 2.99. The molecule has 0 spiro atoms. The zero-order chi connectivity index (χ0) is 19.1. The van der Waals surface area contributed by atoms with Gasteiger partial charge in [0.05, 0.1) is 29.9 Å². The highest BCUT2D eigenvalue weighted by atomic mass is 32.2. The molecule has 0 bridgehead atoms. The third-order valence-corrected chi connectivity index (χ3v) is 4.45. The minimum atomic E-state index is -0.146. The van der Waals surface area contributed by atoms with Crippen LogP contribution >= 0.6 is 11.8 Å². The van der Waals surface area contributed by atoms with E-state index in [9.17, 15) is 9.59 Å². The minimum Gasteiger partial charge on any atom is -0.494 e. The van der Waals surface area contributed by atoms with Gasteiger partial charge in [0.2, 0.25) is 11.8 Å². The van der Waals surface area contributed by atoms with Crippen LogP contribution in [0.5, 0.6) is 5.75 Å². The lowest BCUT2D eigenvalue weighted by Crippen LogP contribution is -2.43. The van der Waals surface area contributed by atoms with Crippen LogP contribution in [0.15, 0.2) is 23.4 Å². The molecule has 1 aromatic carbocycles. The second-order valence-corrected chi connectivity index (χ2v) is 7.04. The maximum Gasteiger partial charge on any atom is 0.239 e. The van der Waals surface area contributed by atoms with Crippen LogP contribution < -0.4 is 10.1 Å². The quantitative estimate of drug-likeness (QED) is 0.655. The third kappa shape index (κ3) is 5.66. The van der Waals surface area contributed by atoms with Gasteiger partial charge in [-0.15, -0.1) is 0 Å². The molecule has 2 amide bonds. The molecule has 1 heterocycles. The van der Waals surface area contributed by atoms with Crippen LogP contribution in [0.1, 0.15) is 27.7 Å². The van der Waals surface area contributed by atoms with Gasteiger partial charge >= 0.3 is 0 Å². The molecule has 142 valence electrons. The number of H-pyrrole nitrogens is 1. The van der Waals surface area contributed by atoms with E-state index in [1.54, 1.807) is 4.90 Å². The molecule has 0 saturated heterocycles. The van der Waals surface area contributed by atoms with E-state index >= 15 is 0 Å². The number of likely N-dealkylation sites (N-methyl/N-ethyl adjacent to an activating group) is 1. The topological polar surface area (TPSA) is 87.3 Å². The first kappa shape index (κ1) is 20.1. The van der Waals surface area contributed by atoms with E-state index in [1.807, 2.05) is 45.9 Å². The smallest absolute Gasteiger partial charge is 0.239 e. The maximum atomic E-state index is 12.4. The van der Waals surface area contributed by atoms with Crippen LogP contribution in [0, 0.1) is 0 Å². The minimum absolute atomic E-state index is 0.0582. The highest BCUT2D eigenvalue weighted by Crippen LogP contribution is 2.23. The summed E-state index contributed by atoms with van der Waals surface area (Å²) in [6.07, 6.45) is 0. The fraction of sp³-hybridized carbons (Fsp3) is 0.500. The number of ether oxygens (including phenoxy) is 1. The normalized spacial score (nSPS) is 11.0. The molecule has 7 nitrogen and oxygen atoms in total. The number of imidazole rings is 1. The summed E-state index contributed by atoms with van der Waals surface area (Å²) in [5.41, 5.74) is 1.70. The second kappa shape index (κ2) is 9.47. The number of benzene rings is 1. The molecule has 0 saturated carbocycles. The SMILES string of the molecule is CCOc1ccc2nc(SCC(=O)N(CC)CC(=O)NC(C)C)[nH]c2c1. The second-order valence-electron chi connectivity index (χ2n) is 6.07. The first-order valence-corrected chi connectivity index (χ1v) is 9.74. The summed E-state index contributed by atoms with van der Waals surface area (Å²) in [4.78, 5) is 33.5. The molecule has 0 aliphatic heterocycles. The molecule has 2 rings (SSSR count). The molecular formula is C18H26N4O3S. The number of nitrogens with zero attached hydrogens (tertiary/aromatic N) is 2. The number of carbonyl (C=O) groups is 2. The Hall–Kier alpha value is -2.22. The number of rotatable bonds is 9. The number of carbonyl (C=O) groups excluding carboxylic acids is 2. The van der Waals surface area contributed by atoms with Crippen molar-refractivity contribution < 1.29 is 14.3 Å². The molecule has 26 heavy (non-hydrogen) atoms. The van der Waals surface area contributed by atoms with Crippen LogP contribution in [0.4, 0.5) is 0 Å². The molecule has 2 aromatic rings. The van der Waals surface area contributed by atoms with E-state index < -0.39 is 0 Å². The van der Waals surface area contributed by atoms with Gasteiger partial charge in [-0.2, -0.15) is 0 Å². The van der Waals surface area contributed by atoms with Gasteiger partial charge in [0, 0.05) is 18.7 Å². The lowest BCUT2D eigenvalue weighted by molar-refractivity contribution is -0.134. The number of thioether (sulfide) groups is 1. The summed E-state index contributed by atoms with van der Waals surface area (Å²) in [6.45, 7) is 8.75. The van der Waals surface area contributed by atoms with E-state index in [-0.39, 0.29) is 30.2 Å². The van der Waals surface area contributed by atoms with Crippen molar-refractivity contribution in [3.8, 4) is 5.75 Å². The van der Waals surface area contributed by atoms with Crippen molar-refractivity contribution >= 4 is 34.6 Å². The summed E-state index contributed by atoms with van der Waals surface area (Å²) in [6, 6.07) is 5.71. The molecule has 0 aliphatic rings. The maximum absolute atomic E-state index is 12.4. The Bertz CT molecular complexity index is 760. The summed E-state index contributed by atoms with van der Waals surface area (Å²) in [5.74, 6) is 0.768. The van der Waals surface area contributed by atoms with E-state index in [0.717, 1.165) is 16.8 Å².